The van der Waals surface area contributed by atoms with Gasteiger partial charge in [-0.15, -0.1) is 0 Å². The molecule has 0 saturated heterocycles. The van der Waals surface area contributed by atoms with Crippen LogP contribution in [0.4, 0.5) is 4.39 Å². The van der Waals surface area contributed by atoms with E-state index in [2.05, 4.69) is 5.32 Å². The Labute approximate surface area is 172 Å². The highest BCUT2D eigenvalue weighted by Crippen LogP contribution is 2.23. The molecular weight excluding hydrogens is 404 g/mol. The second-order valence-corrected chi connectivity index (χ2v) is 7.11. The van der Waals surface area contributed by atoms with Crippen LogP contribution in [0.3, 0.4) is 0 Å². The molecule has 1 N–H and O–H groups in total. The van der Waals surface area contributed by atoms with Crippen molar-refractivity contribution in [3.05, 3.63) is 99.3 Å². The van der Waals surface area contributed by atoms with Crippen LogP contribution >= 0.6 is 35.4 Å². The van der Waals surface area contributed by atoms with Crippen LogP contribution in [0, 0.1) is 5.82 Å². The number of ether oxygens (including phenoxy) is 1. The lowest BCUT2D eigenvalue weighted by Gasteiger charge is -2.11. The molecule has 0 unspecified atom stereocenters. The van der Waals surface area contributed by atoms with Crippen LogP contribution in [-0.4, -0.2) is 4.99 Å². The van der Waals surface area contributed by atoms with E-state index in [0.717, 1.165) is 16.7 Å². The Kier molecular flexibility index (Phi) is 6.67. The fraction of sp³-hybridized carbons (Fsp3) is 0.0952. The Morgan fingerprint density at radius 2 is 1.78 bits per heavy atom. The third-order valence-corrected chi connectivity index (χ3v) is 4.84. The third kappa shape index (κ3) is 5.67. The SMILES string of the molecule is Fc1ccc(CNC(=S)c2cccc(OCc3ccc(Cl)cc3Cl)c2)cc1. The number of halogens is 3. The van der Waals surface area contributed by atoms with Crippen LogP contribution in [-0.2, 0) is 13.2 Å². The van der Waals surface area contributed by atoms with Gasteiger partial charge in [0.2, 0.25) is 0 Å². The highest BCUT2D eigenvalue weighted by Gasteiger charge is 2.06. The van der Waals surface area contributed by atoms with Crippen LogP contribution in [0.15, 0.2) is 66.7 Å². The average molecular weight is 420 g/mol. The Morgan fingerprint density at radius 3 is 2.52 bits per heavy atom. The lowest BCUT2D eigenvalue weighted by atomic mass is 10.2. The van der Waals surface area contributed by atoms with E-state index in [0.29, 0.717) is 33.9 Å². The lowest BCUT2D eigenvalue weighted by Crippen LogP contribution is -2.21. The molecule has 27 heavy (non-hydrogen) atoms. The second-order valence-electron chi connectivity index (χ2n) is 5.86. The summed E-state index contributed by atoms with van der Waals surface area (Å²) in [5, 5.41) is 4.32. The van der Waals surface area contributed by atoms with Crippen molar-refractivity contribution >= 4 is 40.4 Å². The molecule has 0 radical (unpaired) electrons. The number of rotatable bonds is 6. The van der Waals surface area contributed by atoms with Crippen molar-refractivity contribution in [2.45, 2.75) is 13.2 Å². The number of hydrogen-bond acceptors (Lipinski definition) is 2. The number of nitrogens with one attached hydrogen (secondary N) is 1. The first kappa shape index (κ1) is 19.6. The molecule has 138 valence electrons. The first-order valence-electron chi connectivity index (χ1n) is 8.21. The second kappa shape index (κ2) is 9.18. The summed E-state index contributed by atoms with van der Waals surface area (Å²) in [7, 11) is 0. The Hall–Kier alpha value is -2.14. The fourth-order valence-corrected chi connectivity index (χ4v) is 3.08. The zero-order valence-electron chi connectivity index (χ0n) is 14.2. The topological polar surface area (TPSA) is 21.3 Å². The van der Waals surface area contributed by atoms with Crippen molar-refractivity contribution in [3.63, 3.8) is 0 Å². The van der Waals surface area contributed by atoms with Crippen molar-refractivity contribution < 1.29 is 9.13 Å². The summed E-state index contributed by atoms with van der Waals surface area (Å²) in [6.45, 7) is 0.847. The molecule has 0 aromatic heterocycles. The molecule has 0 heterocycles. The zero-order chi connectivity index (χ0) is 19.2. The highest BCUT2D eigenvalue weighted by molar-refractivity contribution is 7.80. The summed E-state index contributed by atoms with van der Waals surface area (Å²) < 4.78 is 18.8. The van der Waals surface area contributed by atoms with Gasteiger partial charge in [-0.25, -0.2) is 4.39 Å². The van der Waals surface area contributed by atoms with Gasteiger partial charge < -0.3 is 10.1 Å². The number of thiocarbonyl (C=S) groups is 1. The third-order valence-electron chi connectivity index (χ3n) is 3.87. The van der Waals surface area contributed by atoms with E-state index in [1.807, 2.05) is 30.3 Å². The zero-order valence-corrected chi connectivity index (χ0v) is 16.5. The summed E-state index contributed by atoms with van der Waals surface area (Å²) in [5.41, 5.74) is 2.64. The molecule has 2 nitrogen and oxygen atoms in total. The van der Waals surface area contributed by atoms with Gasteiger partial charge >= 0.3 is 0 Å². The van der Waals surface area contributed by atoms with Crippen LogP contribution in [0.2, 0.25) is 10.0 Å². The maximum Gasteiger partial charge on any atom is 0.123 e. The molecule has 0 aliphatic carbocycles. The maximum absolute atomic E-state index is 13.0. The van der Waals surface area contributed by atoms with Crippen LogP contribution in [0.1, 0.15) is 16.7 Å². The van der Waals surface area contributed by atoms with E-state index < -0.39 is 0 Å². The largest absolute Gasteiger partial charge is 0.489 e. The van der Waals surface area contributed by atoms with Gasteiger partial charge in [0, 0.05) is 27.7 Å². The molecule has 3 aromatic carbocycles. The minimum absolute atomic E-state index is 0.257. The van der Waals surface area contributed by atoms with Crippen molar-refractivity contribution in [2.24, 2.45) is 0 Å². The molecular formula is C21H16Cl2FNOS. The molecule has 0 atom stereocenters. The molecule has 0 aliphatic heterocycles. The van der Waals surface area contributed by atoms with E-state index in [1.165, 1.54) is 12.1 Å². The van der Waals surface area contributed by atoms with E-state index in [-0.39, 0.29) is 5.82 Å². The molecule has 0 spiro atoms. The Bertz CT molecular complexity index is 947. The predicted octanol–water partition coefficient (Wildman–Crippen LogP) is 6.18. The summed E-state index contributed by atoms with van der Waals surface area (Å²) in [6.07, 6.45) is 0. The Morgan fingerprint density at radius 1 is 1.00 bits per heavy atom. The number of hydrogen-bond donors (Lipinski definition) is 1. The minimum atomic E-state index is -0.257. The first-order chi connectivity index (χ1) is 13.0. The van der Waals surface area contributed by atoms with Gasteiger partial charge in [-0.1, -0.05) is 65.8 Å². The average Bonchev–Trinajstić information content (AvgIpc) is 2.67. The summed E-state index contributed by atoms with van der Waals surface area (Å²) in [5.74, 6) is 0.427. The van der Waals surface area contributed by atoms with Crippen molar-refractivity contribution in [1.82, 2.24) is 5.32 Å². The van der Waals surface area contributed by atoms with Crippen LogP contribution in [0.5, 0.6) is 5.75 Å². The van der Waals surface area contributed by atoms with E-state index in [1.54, 1.807) is 24.3 Å². The van der Waals surface area contributed by atoms with E-state index in [4.69, 9.17) is 40.2 Å². The normalized spacial score (nSPS) is 10.5. The van der Waals surface area contributed by atoms with Gasteiger partial charge in [-0.2, -0.15) is 0 Å². The van der Waals surface area contributed by atoms with E-state index >= 15 is 0 Å². The van der Waals surface area contributed by atoms with Gasteiger partial charge in [0.25, 0.3) is 0 Å². The minimum Gasteiger partial charge on any atom is -0.489 e. The maximum atomic E-state index is 13.0. The molecule has 0 fully saturated rings. The highest BCUT2D eigenvalue weighted by atomic mass is 35.5. The molecule has 0 aliphatic rings. The van der Waals surface area contributed by atoms with Gasteiger partial charge in [-0.05, 0) is 42.0 Å². The fourth-order valence-electron chi connectivity index (χ4n) is 2.41. The quantitative estimate of drug-likeness (QED) is 0.482. The van der Waals surface area contributed by atoms with Crippen LogP contribution in [0.25, 0.3) is 0 Å². The van der Waals surface area contributed by atoms with E-state index in [9.17, 15) is 4.39 Å². The van der Waals surface area contributed by atoms with Crippen molar-refractivity contribution in [2.75, 3.05) is 0 Å². The predicted molar refractivity (Wildman–Crippen MR) is 112 cm³/mol. The number of benzene rings is 3. The van der Waals surface area contributed by atoms with Gasteiger partial charge in [0.1, 0.15) is 23.2 Å². The van der Waals surface area contributed by atoms with Crippen LogP contribution < -0.4 is 10.1 Å². The van der Waals surface area contributed by atoms with Crippen molar-refractivity contribution in [3.8, 4) is 5.75 Å². The summed E-state index contributed by atoms with van der Waals surface area (Å²) in [4.78, 5) is 0.592. The Balaban J connectivity index is 1.60. The molecule has 0 saturated carbocycles. The molecule has 6 heteroatoms. The smallest absolute Gasteiger partial charge is 0.123 e. The lowest BCUT2D eigenvalue weighted by molar-refractivity contribution is 0.306. The first-order valence-corrected chi connectivity index (χ1v) is 9.37. The standard InChI is InChI=1S/C21H16Cl2FNOS/c22-17-7-6-16(20(23)11-17)13-26-19-3-1-2-15(10-19)21(27)25-12-14-4-8-18(24)9-5-14/h1-11H,12-13H2,(H,25,27). The summed E-state index contributed by atoms with van der Waals surface area (Å²) in [6, 6.07) is 19.1. The molecule has 3 rings (SSSR count). The summed E-state index contributed by atoms with van der Waals surface area (Å²) >= 11 is 17.5. The van der Waals surface area contributed by atoms with Gasteiger partial charge in [0.15, 0.2) is 0 Å². The molecule has 0 amide bonds. The van der Waals surface area contributed by atoms with Gasteiger partial charge in [0.05, 0.1) is 0 Å². The van der Waals surface area contributed by atoms with Gasteiger partial charge in [-0.3, -0.25) is 0 Å². The molecule has 0 bridgehead atoms. The molecule has 3 aromatic rings. The van der Waals surface area contributed by atoms with Crippen molar-refractivity contribution in [1.29, 1.82) is 0 Å². The monoisotopic (exact) mass is 419 g/mol.